The zero-order valence-corrected chi connectivity index (χ0v) is 20.0. The molecule has 0 fully saturated rings. The van der Waals surface area contributed by atoms with E-state index in [9.17, 15) is 19.1 Å². The van der Waals surface area contributed by atoms with Crippen molar-refractivity contribution in [1.29, 1.82) is 0 Å². The van der Waals surface area contributed by atoms with Crippen molar-refractivity contribution in [1.82, 2.24) is 5.32 Å². The van der Waals surface area contributed by atoms with Crippen molar-refractivity contribution in [2.75, 3.05) is 18.5 Å². The van der Waals surface area contributed by atoms with E-state index >= 15 is 0 Å². The van der Waals surface area contributed by atoms with Gasteiger partial charge in [0.2, 0.25) is 0 Å². The Morgan fingerprint density at radius 3 is 2.63 bits per heavy atom. The van der Waals surface area contributed by atoms with E-state index in [0.29, 0.717) is 15.4 Å². The van der Waals surface area contributed by atoms with Gasteiger partial charge in [-0.15, -0.1) is 11.3 Å². The standard InChI is InChI=1S/C17H20FIN2O4SSi/c1-8-13(15(24)20-6-17(25,27)7-22)16(26-14(8)9(2)23)21-12-4-3-10(19)5-11(12)18/h3-5,21-22,25H,6-7H2,1-2,27H3,(H,20,24)/t17-/m0/s1. The molecule has 0 unspecified atom stereocenters. The van der Waals surface area contributed by atoms with E-state index < -0.39 is 23.6 Å². The van der Waals surface area contributed by atoms with Crippen LogP contribution in [0.25, 0.3) is 0 Å². The summed E-state index contributed by atoms with van der Waals surface area (Å²) >= 11 is 3.07. The van der Waals surface area contributed by atoms with Gasteiger partial charge in [-0.25, -0.2) is 4.39 Å². The summed E-state index contributed by atoms with van der Waals surface area (Å²) in [6.45, 7) is 2.48. The molecule has 27 heavy (non-hydrogen) atoms. The largest absolute Gasteiger partial charge is 0.394 e. The third-order valence-corrected chi connectivity index (χ3v) is 6.49. The number of rotatable bonds is 7. The summed E-state index contributed by atoms with van der Waals surface area (Å²) in [5, 5.41) is 23.6. The summed E-state index contributed by atoms with van der Waals surface area (Å²) in [4.78, 5) is 25.0. The summed E-state index contributed by atoms with van der Waals surface area (Å²) in [7, 11) is 0.267. The molecule has 0 spiro atoms. The highest BCUT2D eigenvalue weighted by molar-refractivity contribution is 14.1. The van der Waals surface area contributed by atoms with Gasteiger partial charge < -0.3 is 20.8 Å². The molecule has 1 aromatic carbocycles. The third-order valence-electron chi connectivity index (χ3n) is 3.84. The molecular weight excluding hydrogens is 502 g/mol. The molecule has 2 aromatic rings. The molecule has 6 nitrogen and oxygen atoms in total. The molecule has 0 saturated carbocycles. The number of anilines is 2. The first-order valence-corrected chi connectivity index (χ1v) is 10.9. The molecule has 4 N–H and O–H groups in total. The lowest BCUT2D eigenvalue weighted by atomic mass is 10.1. The number of benzene rings is 1. The summed E-state index contributed by atoms with van der Waals surface area (Å²) in [5.41, 5.74) is 0.897. The number of nitrogens with one attached hydrogen (secondary N) is 2. The van der Waals surface area contributed by atoms with Crippen molar-refractivity contribution in [2.24, 2.45) is 0 Å². The van der Waals surface area contributed by atoms with Gasteiger partial charge in [0.15, 0.2) is 5.78 Å². The molecule has 0 radical (unpaired) electrons. The lowest BCUT2D eigenvalue weighted by Crippen LogP contribution is -2.46. The summed E-state index contributed by atoms with van der Waals surface area (Å²) < 4.78 is 14.9. The molecule has 0 aliphatic rings. The number of halogens is 2. The monoisotopic (exact) mass is 522 g/mol. The Hall–Kier alpha value is -1.34. The van der Waals surface area contributed by atoms with Crippen LogP contribution in [0.1, 0.15) is 32.5 Å². The molecule has 1 atom stereocenters. The zero-order valence-electron chi connectivity index (χ0n) is 15.0. The molecule has 146 valence electrons. The second-order valence-corrected chi connectivity index (χ2v) is 10.5. The second kappa shape index (κ2) is 8.77. The van der Waals surface area contributed by atoms with E-state index in [1.165, 1.54) is 13.0 Å². The van der Waals surface area contributed by atoms with E-state index in [1.54, 1.807) is 19.1 Å². The first-order chi connectivity index (χ1) is 12.6. The third kappa shape index (κ3) is 5.35. The highest BCUT2D eigenvalue weighted by Crippen LogP contribution is 2.36. The van der Waals surface area contributed by atoms with Gasteiger partial charge in [-0.05, 0) is 60.2 Å². The summed E-state index contributed by atoms with van der Waals surface area (Å²) in [6.07, 6.45) is 0. The number of Topliss-reactive ketones (excluding diaryl/α,β-unsaturated/α-hetero) is 1. The Balaban J connectivity index is 2.40. The maximum absolute atomic E-state index is 14.2. The van der Waals surface area contributed by atoms with E-state index in [-0.39, 0.29) is 33.8 Å². The molecule has 0 saturated heterocycles. The fourth-order valence-electron chi connectivity index (χ4n) is 2.34. The Morgan fingerprint density at radius 2 is 2.07 bits per heavy atom. The van der Waals surface area contributed by atoms with Crippen LogP contribution in [0.4, 0.5) is 15.1 Å². The number of amides is 1. The number of carbonyl (C=O) groups excluding carboxylic acids is 2. The van der Waals surface area contributed by atoms with Gasteiger partial charge in [0.25, 0.3) is 5.91 Å². The molecule has 1 aromatic heterocycles. The molecular formula is C17H20FIN2O4SSi. The van der Waals surface area contributed by atoms with E-state index in [2.05, 4.69) is 10.6 Å². The van der Waals surface area contributed by atoms with Gasteiger partial charge in [-0.3, -0.25) is 9.59 Å². The van der Waals surface area contributed by atoms with Gasteiger partial charge in [-0.1, -0.05) is 0 Å². The summed E-state index contributed by atoms with van der Waals surface area (Å²) in [6, 6.07) is 4.64. The van der Waals surface area contributed by atoms with Crippen LogP contribution in [0.5, 0.6) is 0 Å². The van der Waals surface area contributed by atoms with Crippen molar-refractivity contribution in [2.45, 2.75) is 19.1 Å². The molecule has 0 bridgehead atoms. The minimum Gasteiger partial charge on any atom is -0.394 e. The fraction of sp³-hybridized carbons (Fsp3) is 0.294. The molecule has 1 heterocycles. The van der Waals surface area contributed by atoms with Crippen LogP contribution >= 0.6 is 33.9 Å². The van der Waals surface area contributed by atoms with Gasteiger partial charge >= 0.3 is 0 Å². The number of aliphatic hydroxyl groups excluding tert-OH is 1. The lowest BCUT2D eigenvalue weighted by molar-refractivity contribution is 0.0539. The maximum atomic E-state index is 14.2. The second-order valence-electron chi connectivity index (χ2n) is 6.40. The Kier molecular flexibility index (Phi) is 7.13. The highest BCUT2D eigenvalue weighted by atomic mass is 127. The van der Waals surface area contributed by atoms with Crippen LogP contribution < -0.4 is 10.6 Å². The topological polar surface area (TPSA) is 98.7 Å². The van der Waals surface area contributed by atoms with Crippen molar-refractivity contribution in [3.8, 4) is 0 Å². The first kappa shape index (κ1) is 22.0. The number of ketones is 1. The van der Waals surface area contributed by atoms with E-state index in [0.717, 1.165) is 14.9 Å². The van der Waals surface area contributed by atoms with Crippen molar-refractivity contribution in [3.63, 3.8) is 0 Å². The molecule has 1 amide bonds. The van der Waals surface area contributed by atoms with Gasteiger partial charge in [-0.2, -0.15) is 0 Å². The van der Waals surface area contributed by atoms with Crippen LogP contribution in [0.2, 0.25) is 0 Å². The average molecular weight is 522 g/mol. The number of aliphatic hydroxyl groups is 2. The van der Waals surface area contributed by atoms with Gasteiger partial charge in [0, 0.05) is 20.4 Å². The number of thiophene rings is 1. The number of hydrogen-bond acceptors (Lipinski definition) is 6. The average Bonchev–Trinajstić information content (AvgIpc) is 2.92. The predicted octanol–water partition coefficient (Wildman–Crippen LogP) is 1.52. The van der Waals surface area contributed by atoms with Crippen molar-refractivity contribution >= 4 is 66.5 Å². The van der Waals surface area contributed by atoms with Crippen molar-refractivity contribution in [3.05, 3.63) is 43.6 Å². The van der Waals surface area contributed by atoms with Crippen LogP contribution in [0.3, 0.4) is 0 Å². The fourth-order valence-corrected chi connectivity index (χ4v) is 4.08. The zero-order chi connectivity index (χ0) is 20.4. The maximum Gasteiger partial charge on any atom is 0.254 e. The minimum absolute atomic E-state index is 0.115. The van der Waals surface area contributed by atoms with E-state index in [4.69, 9.17) is 5.11 Å². The SMILES string of the molecule is CC(=O)c1sc(Nc2ccc(I)cc2F)c(C(=O)NC[C@](O)([SiH3])CO)c1C. The molecule has 10 heteroatoms. The lowest BCUT2D eigenvalue weighted by Gasteiger charge is -2.21. The molecule has 0 aliphatic heterocycles. The smallest absolute Gasteiger partial charge is 0.254 e. The Bertz CT molecular complexity index is 888. The van der Waals surface area contributed by atoms with E-state index in [1.807, 2.05) is 22.6 Å². The quantitative estimate of drug-likeness (QED) is 0.251. The van der Waals surface area contributed by atoms with Gasteiger partial charge in [0.1, 0.15) is 10.8 Å². The van der Waals surface area contributed by atoms with Crippen LogP contribution in [-0.4, -0.2) is 50.5 Å². The Labute approximate surface area is 176 Å². The summed E-state index contributed by atoms with van der Waals surface area (Å²) in [5.74, 6) is -1.18. The van der Waals surface area contributed by atoms with Crippen LogP contribution in [-0.2, 0) is 0 Å². The normalized spacial score (nSPS) is 13.3. The predicted molar refractivity (Wildman–Crippen MR) is 116 cm³/mol. The van der Waals surface area contributed by atoms with Gasteiger partial charge in [0.05, 0.1) is 28.0 Å². The Morgan fingerprint density at radius 1 is 1.41 bits per heavy atom. The minimum atomic E-state index is -1.33. The number of carbonyl (C=O) groups is 2. The molecule has 0 aliphatic carbocycles. The van der Waals surface area contributed by atoms with Crippen LogP contribution in [0.15, 0.2) is 18.2 Å². The van der Waals surface area contributed by atoms with Crippen molar-refractivity contribution < 1.29 is 24.2 Å². The van der Waals surface area contributed by atoms with Crippen LogP contribution in [0, 0.1) is 16.3 Å². The first-order valence-electron chi connectivity index (χ1n) is 8.03. The number of hydrogen-bond donors (Lipinski definition) is 4. The molecule has 2 rings (SSSR count). The highest BCUT2D eigenvalue weighted by Gasteiger charge is 2.26.